The van der Waals surface area contributed by atoms with Crippen LogP contribution in [0, 0.1) is 0 Å². The van der Waals surface area contributed by atoms with Gasteiger partial charge in [-0.3, -0.25) is 4.79 Å². The predicted octanol–water partition coefficient (Wildman–Crippen LogP) is 0.315. The molecule has 3 N–H and O–H groups in total. The van der Waals surface area contributed by atoms with Crippen LogP contribution in [0.4, 0.5) is 0 Å². The van der Waals surface area contributed by atoms with Crippen LogP contribution in [-0.2, 0) is 14.3 Å². The second-order valence-corrected chi connectivity index (χ2v) is 3.89. The van der Waals surface area contributed by atoms with Gasteiger partial charge in [-0.1, -0.05) is 0 Å². The fourth-order valence-electron chi connectivity index (χ4n) is 0.892. The predicted molar refractivity (Wildman–Crippen MR) is 65.8 cm³/mol. The number of carbonyl (C=O) groups excluding carboxylic acids is 1. The minimum atomic E-state index is -0.375. The van der Waals surface area contributed by atoms with Crippen molar-refractivity contribution in [3.05, 3.63) is 0 Å². The first-order valence-electron chi connectivity index (χ1n) is 5.18. The van der Waals surface area contributed by atoms with E-state index in [1.165, 1.54) is 0 Å². The fraction of sp³-hybridized carbons (Fsp3) is 0.900. The second kappa shape index (κ2) is 9.84. The van der Waals surface area contributed by atoms with E-state index in [1.54, 1.807) is 0 Å². The van der Waals surface area contributed by atoms with Crippen molar-refractivity contribution in [3.8, 4) is 0 Å². The van der Waals surface area contributed by atoms with Crippen molar-refractivity contribution in [1.82, 2.24) is 5.32 Å². The van der Waals surface area contributed by atoms with Crippen molar-refractivity contribution in [2.75, 3.05) is 33.0 Å². The first kappa shape index (κ1) is 18.0. The molecule has 0 aromatic rings. The van der Waals surface area contributed by atoms with E-state index in [9.17, 15) is 4.79 Å². The van der Waals surface area contributed by atoms with Crippen LogP contribution in [0.3, 0.4) is 0 Å². The van der Waals surface area contributed by atoms with Gasteiger partial charge in [0.1, 0.15) is 6.61 Å². The summed E-state index contributed by atoms with van der Waals surface area (Å²) in [6.07, 6.45) is 0. The molecule has 0 aliphatic carbocycles. The van der Waals surface area contributed by atoms with Crippen LogP contribution in [0.2, 0.25) is 0 Å². The van der Waals surface area contributed by atoms with Crippen LogP contribution in [0.25, 0.3) is 0 Å². The Labute approximate surface area is 103 Å². The summed E-state index contributed by atoms with van der Waals surface area (Å²) in [6, 6.07) is 0. The molecule has 5 nitrogen and oxygen atoms in total. The van der Waals surface area contributed by atoms with Crippen molar-refractivity contribution in [3.63, 3.8) is 0 Å². The first-order valence-corrected chi connectivity index (χ1v) is 5.18. The molecule has 0 aliphatic rings. The molecule has 0 rings (SSSR count). The molecular formula is C10H23ClN2O3. The Morgan fingerprint density at radius 2 is 1.88 bits per heavy atom. The number of ether oxygens (including phenoxy) is 2. The Kier molecular flexibility index (Phi) is 11.1. The summed E-state index contributed by atoms with van der Waals surface area (Å²) in [7, 11) is 0. The highest BCUT2D eigenvalue weighted by Crippen LogP contribution is 1.97. The first-order chi connectivity index (χ1) is 7.02. The highest BCUT2D eigenvalue weighted by Gasteiger charge is 2.17. The highest BCUT2D eigenvalue weighted by molar-refractivity contribution is 5.85. The van der Waals surface area contributed by atoms with Gasteiger partial charge in [0.15, 0.2) is 0 Å². The zero-order chi connectivity index (χ0) is 11.7. The van der Waals surface area contributed by atoms with E-state index in [-0.39, 0.29) is 30.5 Å². The minimum Gasteiger partial charge on any atom is -0.379 e. The second-order valence-electron chi connectivity index (χ2n) is 3.89. The number of amides is 1. The van der Waals surface area contributed by atoms with E-state index in [4.69, 9.17) is 15.2 Å². The summed E-state index contributed by atoms with van der Waals surface area (Å²) in [6.45, 7) is 7.71. The van der Waals surface area contributed by atoms with Gasteiger partial charge in [-0.25, -0.2) is 0 Å². The SMILES string of the molecule is CCOCCOCC(=O)NC(C)(C)CN.Cl. The van der Waals surface area contributed by atoms with Crippen molar-refractivity contribution in [2.45, 2.75) is 26.3 Å². The Morgan fingerprint density at radius 3 is 2.38 bits per heavy atom. The van der Waals surface area contributed by atoms with Crippen LogP contribution in [-0.4, -0.2) is 44.4 Å². The average molecular weight is 255 g/mol. The van der Waals surface area contributed by atoms with E-state index in [0.717, 1.165) is 0 Å². The number of carbonyl (C=O) groups is 1. The molecular weight excluding hydrogens is 232 g/mol. The Bertz CT molecular complexity index is 189. The van der Waals surface area contributed by atoms with Crippen molar-refractivity contribution in [2.24, 2.45) is 5.73 Å². The Hall–Kier alpha value is -0.360. The maximum atomic E-state index is 11.3. The molecule has 0 saturated heterocycles. The van der Waals surface area contributed by atoms with Gasteiger partial charge in [-0.15, -0.1) is 12.4 Å². The lowest BCUT2D eigenvalue weighted by Gasteiger charge is -2.24. The van der Waals surface area contributed by atoms with Gasteiger partial charge in [0.2, 0.25) is 5.91 Å². The molecule has 0 aromatic heterocycles. The smallest absolute Gasteiger partial charge is 0.246 e. The summed E-state index contributed by atoms with van der Waals surface area (Å²) in [5.74, 6) is -0.151. The van der Waals surface area contributed by atoms with E-state index < -0.39 is 0 Å². The minimum absolute atomic E-state index is 0. The van der Waals surface area contributed by atoms with E-state index in [2.05, 4.69) is 5.32 Å². The number of nitrogens with one attached hydrogen (secondary N) is 1. The van der Waals surface area contributed by atoms with Gasteiger partial charge in [-0.05, 0) is 20.8 Å². The van der Waals surface area contributed by atoms with Gasteiger partial charge in [-0.2, -0.15) is 0 Å². The molecule has 0 heterocycles. The Balaban J connectivity index is 0. The third kappa shape index (κ3) is 10.2. The van der Waals surface area contributed by atoms with Gasteiger partial charge in [0.05, 0.1) is 13.2 Å². The van der Waals surface area contributed by atoms with Gasteiger partial charge in [0, 0.05) is 18.7 Å². The van der Waals surface area contributed by atoms with Crippen molar-refractivity contribution < 1.29 is 14.3 Å². The molecule has 98 valence electrons. The van der Waals surface area contributed by atoms with Crippen LogP contribution >= 0.6 is 12.4 Å². The lowest BCUT2D eigenvalue weighted by atomic mass is 10.1. The third-order valence-corrected chi connectivity index (χ3v) is 1.80. The lowest BCUT2D eigenvalue weighted by molar-refractivity contribution is -0.127. The van der Waals surface area contributed by atoms with Crippen LogP contribution in [0.15, 0.2) is 0 Å². The Morgan fingerprint density at radius 1 is 1.31 bits per heavy atom. The summed E-state index contributed by atoms with van der Waals surface area (Å²) in [4.78, 5) is 11.3. The molecule has 16 heavy (non-hydrogen) atoms. The van der Waals surface area contributed by atoms with Gasteiger partial charge >= 0.3 is 0 Å². The summed E-state index contributed by atoms with van der Waals surface area (Å²) < 4.78 is 10.2. The zero-order valence-corrected chi connectivity index (χ0v) is 11.1. The quantitative estimate of drug-likeness (QED) is 0.612. The summed E-state index contributed by atoms with van der Waals surface area (Å²) >= 11 is 0. The zero-order valence-electron chi connectivity index (χ0n) is 10.2. The molecule has 6 heteroatoms. The molecule has 0 atom stereocenters. The van der Waals surface area contributed by atoms with E-state index >= 15 is 0 Å². The molecule has 0 spiro atoms. The number of halogens is 1. The monoisotopic (exact) mass is 254 g/mol. The summed E-state index contributed by atoms with van der Waals surface area (Å²) in [5.41, 5.74) is 5.10. The number of nitrogens with two attached hydrogens (primary N) is 1. The number of hydrogen-bond acceptors (Lipinski definition) is 4. The van der Waals surface area contributed by atoms with Crippen molar-refractivity contribution >= 4 is 18.3 Å². The molecule has 0 bridgehead atoms. The molecule has 0 unspecified atom stereocenters. The molecule has 0 aliphatic heterocycles. The molecule has 1 amide bonds. The molecule has 0 radical (unpaired) electrons. The lowest BCUT2D eigenvalue weighted by Crippen LogP contribution is -2.50. The van der Waals surface area contributed by atoms with Gasteiger partial charge in [0.25, 0.3) is 0 Å². The topological polar surface area (TPSA) is 73.6 Å². The van der Waals surface area contributed by atoms with E-state index in [1.807, 2.05) is 20.8 Å². The number of rotatable bonds is 8. The summed E-state index contributed by atoms with van der Waals surface area (Å²) in [5, 5.41) is 2.77. The molecule has 0 aromatic carbocycles. The maximum absolute atomic E-state index is 11.3. The molecule has 0 saturated carbocycles. The standard InChI is InChI=1S/C10H22N2O3.ClH/c1-4-14-5-6-15-7-9(13)12-10(2,3)8-11;/h4-8,11H2,1-3H3,(H,12,13);1H. The molecule has 0 fully saturated rings. The fourth-order valence-corrected chi connectivity index (χ4v) is 0.892. The van der Waals surface area contributed by atoms with Crippen LogP contribution in [0.1, 0.15) is 20.8 Å². The third-order valence-electron chi connectivity index (χ3n) is 1.80. The largest absolute Gasteiger partial charge is 0.379 e. The van der Waals surface area contributed by atoms with Gasteiger partial charge < -0.3 is 20.5 Å². The van der Waals surface area contributed by atoms with E-state index in [0.29, 0.717) is 26.4 Å². The average Bonchev–Trinajstić information content (AvgIpc) is 2.17. The van der Waals surface area contributed by atoms with Crippen LogP contribution in [0.5, 0.6) is 0 Å². The normalized spacial score (nSPS) is 10.8. The van der Waals surface area contributed by atoms with Crippen LogP contribution < -0.4 is 11.1 Å². The number of hydrogen-bond donors (Lipinski definition) is 2. The van der Waals surface area contributed by atoms with Crippen molar-refractivity contribution in [1.29, 1.82) is 0 Å². The maximum Gasteiger partial charge on any atom is 0.246 e. The highest BCUT2D eigenvalue weighted by atomic mass is 35.5.